The Hall–Kier alpha value is 0.250. The monoisotopic (exact) mass is 206 g/mol. The van der Waals surface area contributed by atoms with Crippen LogP contribution in [0, 0.1) is 5.92 Å². The fourth-order valence-corrected chi connectivity index (χ4v) is 1.55. The maximum atomic E-state index is 5.84. The first kappa shape index (κ1) is 13.2. The van der Waals surface area contributed by atoms with Crippen LogP contribution in [0.25, 0.3) is 0 Å². The third-order valence-corrected chi connectivity index (χ3v) is 2.41. The zero-order valence-corrected chi connectivity index (χ0v) is 10.2. The molecule has 13 heavy (non-hydrogen) atoms. The summed E-state index contributed by atoms with van der Waals surface area (Å²) < 4.78 is 5.65. The Bertz CT molecular complexity index is 118. The van der Waals surface area contributed by atoms with Gasteiger partial charge in [-0.25, -0.2) is 0 Å². The summed E-state index contributed by atoms with van der Waals surface area (Å²) in [5.41, 5.74) is -0.0108. The van der Waals surface area contributed by atoms with Crippen LogP contribution in [0.4, 0.5) is 0 Å². The average molecular weight is 207 g/mol. The second kappa shape index (κ2) is 6.67. The van der Waals surface area contributed by atoms with E-state index in [-0.39, 0.29) is 5.60 Å². The minimum Gasteiger partial charge on any atom is -0.376 e. The lowest BCUT2D eigenvalue weighted by molar-refractivity contribution is -0.00867. The van der Waals surface area contributed by atoms with Gasteiger partial charge in [0.2, 0.25) is 0 Å². The summed E-state index contributed by atoms with van der Waals surface area (Å²) in [6, 6.07) is 0. The maximum Gasteiger partial charge on any atom is 0.0598 e. The predicted octanol–water partition coefficient (Wildman–Crippen LogP) is 3.85. The number of rotatable bonds is 6. The van der Waals surface area contributed by atoms with Crippen molar-refractivity contribution in [1.82, 2.24) is 0 Å². The van der Waals surface area contributed by atoms with E-state index in [1.54, 1.807) is 0 Å². The highest BCUT2D eigenvalue weighted by Gasteiger charge is 2.12. The molecule has 0 amide bonds. The van der Waals surface area contributed by atoms with E-state index in [0.29, 0.717) is 5.92 Å². The Balaban J connectivity index is 3.49. The van der Waals surface area contributed by atoms with Crippen LogP contribution < -0.4 is 0 Å². The van der Waals surface area contributed by atoms with Crippen molar-refractivity contribution in [3.8, 4) is 0 Å². The van der Waals surface area contributed by atoms with Crippen LogP contribution >= 0.6 is 11.6 Å². The molecule has 0 N–H and O–H groups in total. The Labute approximate surface area is 87.8 Å². The Morgan fingerprint density at radius 2 is 1.85 bits per heavy atom. The minimum absolute atomic E-state index is 0.0108. The van der Waals surface area contributed by atoms with Gasteiger partial charge in [0.25, 0.3) is 0 Å². The van der Waals surface area contributed by atoms with Gasteiger partial charge in [-0.2, -0.15) is 0 Å². The van der Waals surface area contributed by atoms with Crippen LogP contribution in [0.3, 0.4) is 0 Å². The highest BCUT2D eigenvalue weighted by atomic mass is 35.5. The summed E-state index contributed by atoms with van der Waals surface area (Å²) >= 11 is 5.84. The molecule has 0 saturated carbocycles. The van der Waals surface area contributed by atoms with Crippen molar-refractivity contribution in [2.24, 2.45) is 5.92 Å². The van der Waals surface area contributed by atoms with E-state index in [4.69, 9.17) is 16.3 Å². The second-order valence-corrected chi connectivity index (χ2v) is 4.87. The van der Waals surface area contributed by atoms with Crippen LogP contribution in [0.15, 0.2) is 0 Å². The lowest BCUT2D eigenvalue weighted by Gasteiger charge is -2.21. The van der Waals surface area contributed by atoms with Gasteiger partial charge in [-0.1, -0.05) is 13.3 Å². The van der Waals surface area contributed by atoms with Crippen molar-refractivity contribution in [2.75, 3.05) is 12.5 Å². The van der Waals surface area contributed by atoms with Crippen LogP contribution in [-0.2, 0) is 4.74 Å². The van der Waals surface area contributed by atoms with Gasteiger partial charge in [-0.3, -0.25) is 0 Å². The molecule has 0 heterocycles. The van der Waals surface area contributed by atoms with Gasteiger partial charge >= 0.3 is 0 Å². The number of hydrogen-bond donors (Lipinski definition) is 0. The molecular formula is C11H23ClO. The first-order valence-electron chi connectivity index (χ1n) is 5.19. The molecule has 0 bridgehead atoms. The van der Waals surface area contributed by atoms with E-state index in [2.05, 4.69) is 27.7 Å². The van der Waals surface area contributed by atoms with Crippen LogP contribution in [-0.4, -0.2) is 18.1 Å². The molecule has 0 spiro atoms. The smallest absolute Gasteiger partial charge is 0.0598 e. The molecule has 1 unspecified atom stereocenters. The standard InChI is InChI=1S/C11H23ClO/c1-5-6-10(9-12)7-8-13-11(2,3)4/h10H,5-9H2,1-4H3. The van der Waals surface area contributed by atoms with E-state index in [1.165, 1.54) is 12.8 Å². The Morgan fingerprint density at radius 3 is 2.23 bits per heavy atom. The quantitative estimate of drug-likeness (QED) is 0.600. The molecule has 2 heteroatoms. The van der Waals surface area contributed by atoms with Gasteiger partial charge in [0.05, 0.1) is 5.60 Å². The third kappa shape index (κ3) is 8.58. The molecule has 1 nitrogen and oxygen atoms in total. The first-order chi connectivity index (χ1) is 5.99. The van der Waals surface area contributed by atoms with E-state index in [0.717, 1.165) is 18.9 Å². The summed E-state index contributed by atoms with van der Waals surface area (Å²) in [5, 5.41) is 0. The topological polar surface area (TPSA) is 9.23 Å². The van der Waals surface area contributed by atoms with Crippen molar-refractivity contribution < 1.29 is 4.74 Å². The number of halogens is 1. The van der Waals surface area contributed by atoms with Crippen molar-refractivity contribution in [1.29, 1.82) is 0 Å². The molecule has 0 aromatic carbocycles. The van der Waals surface area contributed by atoms with E-state index in [9.17, 15) is 0 Å². The lowest BCUT2D eigenvalue weighted by atomic mass is 10.0. The zero-order chi connectivity index (χ0) is 10.3. The normalized spacial score (nSPS) is 14.5. The van der Waals surface area contributed by atoms with Crippen LogP contribution in [0.5, 0.6) is 0 Å². The van der Waals surface area contributed by atoms with Crippen molar-refractivity contribution in [3.63, 3.8) is 0 Å². The van der Waals surface area contributed by atoms with Gasteiger partial charge in [0, 0.05) is 12.5 Å². The molecule has 0 aliphatic carbocycles. The maximum absolute atomic E-state index is 5.84. The number of ether oxygens (including phenoxy) is 1. The fourth-order valence-electron chi connectivity index (χ4n) is 1.24. The van der Waals surface area contributed by atoms with E-state index in [1.807, 2.05) is 0 Å². The van der Waals surface area contributed by atoms with Gasteiger partial charge in [0.1, 0.15) is 0 Å². The van der Waals surface area contributed by atoms with Crippen molar-refractivity contribution >= 4 is 11.6 Å². The molecule has 0 radical (unpaired) electrons. The van der Waals surface area contributed by atoms with Gasteiger partial charge in [0.15, 0.2) is 0 Å². The second-order valence-electron chi connectivity index (χ2n) is 4.56. The summed E-state index contributed by atoms with van der Waals surface area (Å²) in [4.78, 5) is 0. The molecule has 0 saturated heterocycles. The Kier molecular flexibility index (Phi) is 6.79. The number of alkyl halides is 1. The fraction of sp³-hybridized carbons (Fsp3) is 1.00. The molecular weight excluding hydrogens is 184 g/mol. The summed E-state index contributed by atoms with van der Waals surface area (Å²) in [5.74, 6) is 1.40. The van der Waals surface area contributed by atoms with Crippen LogP contribution in [0.1, 0.15) is 47.0 Å². The summed E-state index contributed by atoms with van der Waals surface area (Å²) in [6.07, 6.45) is 3.53. The third-order valence-electron chi connectivity index (χ3n) is 1.98. The molecule has 0 aliphatic rings. The lowest BCUT2D eigenvalue weighted by Crippen LogP contribution is -2.21. The first-order valence-corrected chi connectivity index (χ1v) is 5.73. The minimum atomic E-state index is -0.0108. The Morgan fingerprint density at radius 1 is 1.23 bits per heavy atom. The van der Waals surface area contributed by atoms with Gasteiger partial charge in [-0.05, 0) is 39.5 Å². The number of hydrogen-bond acceptors (Lipinski definition) is 1. The highest BCUT2D eigenvalue weighted by Crippen LogP contribution is 2.15. The van der Waals surface area contributed by atoms with E-state index >= 15 is 0 Å². The van der Waals surface area contributed by atoms with Gasteiger partial charge in [-0.15, -0.1) is 11.6 Å². The summed E-state index contributed by atoms with van der Waals surface area (Å²) in [7, 11) is 0. The highest BCUT2D eigenvalue weighted by molar-refractivity contribution is 6.18. The predicted molar refractivity (Wildman–Crippen MR) is 59.4 cm³/mol. The van der Waals surface area contributed by atoms with Crippen LogP contribution in [0.2, 0.25) is 0 Å². The molecule has 0 aliphatic heterocycles. The average Bonchev–Trinajstić information content (AvgIpc) is 2.01. The largest absolute Gasteiger partial charge is 0.376 e. The molecule has 0 rings (SSSR count). The zero-order valence-electron chi connectivity index (χ0n) is 9.40. The van der Waals surface area contributed by atoms with Crippen molar-refractivity contribution in [3.05, 3.63) is 0 Å². The molecule has 80 valence electrons. The molecule has 0 aromatic rings. The van der Waals surface area contributed by atoms with Gasteiger partial charge < -0.3 is 4.74 Å². The summed E-state index contributed by atoms with van der Waals surface area (Å²) in [6.45, 7) is 9.29. The SMILES string of the molecule is CCCC(CCl)CCOC(C)(C)C. The van der Waals surface area contributed by atoms with E-state index < -0.39 is 0 Å². The molecule has 0 aromatic heterocycles. The van der Waals surface area contributed by atoms with Crippen molar-refractivity contribution in [2.45, 2.75) is 52.6 Å². The molecule has 1 atom stereocenters. The molecule has 0 fully saturated rings.